The monoisotopic (exact) mass is 433 g/mol. The topological polar surface area (TPSA) is 123 Å². The minimum Gasteiger partial charge on any atom is -0.506 e. The van der Waals surface area contributed by atoms with Crippen LogP contribution in [0.1, 0.15) is 21.6 Å². The zero-order valence-electron chi connectivity index (χ0n) is 14.6. The van der Waals surface area contributed by atoms with E-state index in [1.807, 2.05) is 0 Å². The number of phenols is 1. The van der Waals surface area contributed by atoms with Crippen molar-refractivity contribution in [3.05, 3.63) is 85.6 Å². The second-order valence-corrected chi connectivity index (χ2v) is 6.69. The molecule has 0 aliphatic heterocycles. The predicted molar refractivity (Wildman–Crippen MR) is 108 cm³/mol. The smallest absolute Gasteiger partial charge is 0.291 e. The lowest BCUT2D eigenvalue weighted by Crippen LogP contribution is -2.18. The van der Waals surface area contributed by atoms with E-state index in [-0.39, 0.29) is 27.7 Å². The number of aromatic nitrogens is 2. The average molecular weight is 434 g/mol. The third-order valence-corrected chi connectivity index (χ3v) is 4.30. The summed E-state index contributed by atoms with van der Waals surface area (Å²) in [5.41, 5.74) is 3.45. The molecule has 1 heterocycles. The molecule has 2 aromatic carbocycles. The van der Waals surface area contributed by atoms with Crippen molar-refractivity contribution in [3.8, 4) is 5.75 Å². The number of nitrogens with zero attached hydrogens (tertiary/aromatic N) is 4. The Hall–Kier alpha value is -3.43. The first-order valence-corrected chi connectivity index (χ1v) is 8.87. The Morgan fingerprint density at radius 2 is 2.00 bits per heavy atom. The molecule has 0 fully saturated rings. The van der Waals surface area contributed by atoms with Crippen molar-refractivity contribution in [2.45, 2.75) is 6.54 Å². The molecule has 2 N–H and O–H groups in total. The Balaban J connectivity index is 1.63. The summed E-state index contributed by atoms with van der Waals surface area (Å²) in [6.07, 6.45) is 2.81. The van der Waals surface area contributed by atoms with Crippen LogP contribution in [0.3, 0.4) is 0 Å². The second kappa shape index (κ2) is 8.72. The number of hydrogen-bond acceptors (Lipinski definition) is 6. The number of nitro groups is 1. The highest BCUT2D eigenvalue weighted by Crippen LogP contribution is 2.29. The van der Waals surface area contributed by atoms with E-state index in [0.29, 0.717) is 11.6 Å². The van der Waals surface area contributed by atoms with Gasteiger partial charge in [0.25, 0.3) is 11.6 Å². The Labute approximate surface area is 174 Å². The highest BCUT2D eigenvalue weighted by atomic mass is 35.5. The Morgan fingerprint density at radius 1 is 1.28 bits per heavy atom. The van der Waals surface area contributed by atoms with E-state index < -0.39 is 10.8 Å². The molecule has 0 radical (unpaired) electrons. The van der Waals surface area contributed by atoms with Crippen LogP contribution in [-0.2, 0) is 6.54 Å². The maximum atomic E-state index is 12.1. The summed E-state index contributed by atoms with van der Waals surface area (Å²) in [5.74, 6) is -0.766. The van der Waals surface area contributed by atoms with Crippen molar-refractivity contribution < 1.29 is 14.8 Å². The number of nitro benzene ring substituents is 1. The molecule has 0 atom stereocenters. The van der Waals surface area contributed by atoms with Crippen molar-refractivity contribution in [1.29, 1.82) is 0 Å². The normalized spacial score (nSPS) is 11.0. The first-order valence-electron chi connectivity index (χ1n) is 8.11. The predicted octanol–water partition coefficient (Wildman–Crippen LogP) is 3.62. The number of non-ortho nitro benzene ring substituents is 1. The maximum Gasteiger partial charge on any atom is 0.291 e. The first-order chi connectivity index (χ1) is 13.8. The fourth-order valence-corrected chi connectivity index (χ4v) is 2.89. The van der Waals surface area contributed by atoms with Crippen LogP contribution < -0.4 is 5.43 Å². The summed E-state index contributed by atoms with van der Waals surface area (Å²) in [7, 11) is 0. The van der Waals surface area contributed by atoms with Gasteiger partial charge >= 0.3 is 0 Å². The molecule has 0 saturated heterocycles. The van der Waals surface area contributed by atoms with Gasteiger partial charge in [0.05, 0.1) is 22.7 Å². The SMILES string of the molecule is O=C(NN=Cc1cc(Cl)cc(Cl)c1O)c1ccn(Cc2ccc([N+](=O)[O-])cc2)n1. The lowest BCUT2D eigenvalue weighted by atomic mass is 10.2. The summed E-state index contributed by atoms with van der Waals surface area (Å²) in [5, 5.41) is 28.8. The molecule has 0 aliphatic carbocycles. The van der Waals surface area contributed by atoms with Gasteiger partial charge in [-0.05, 0) is 23.8 Å². The van der Waals surface area contributed by atoms with Gasteiger partial charge < -0.3 is 5.11 Å². The molecule has 0 unspecified atom stereocenters. The largest absolute Gasteiger partial charge is 0.506 e. The molecular formula is C18H13Cl2N5O4. The van der Waals surface area contributed by atoms with E-state index in [9.17, 15) is 20.0 Å². The van der Waals surface area contributed by atoms with Crippen molar-refractivity contribution >= 4 is 41.0 Å². The highest BCUT2D eigenvalue weighted by molar-refractivity contribution is 6.36. The average Bonchev–Trinajstić information content (AvgIpc) is 3.14. The molecule has 29 heavy (non-hydrogen) atoms. The van der Waals surface area contributed by atoms with E-state index in [1.165, 1.54) is 41.2 Å². The van der Waals surface area contributed by atoms with Gasteiger partial charge in [-0.2, -0.15) is 10.2 Å². The van der Waals surface area contributed by atoms with Gasteiger partial charge in [-0.3, -0.25) is 19.6 Å². The van der Waals surface area contributed by atoms with E-state index in [4.69, 9.17) is 23.2 Å². The minimum atomic E-state index is -0.559. The van der Waals surface area contributed by atoms with Gasteiger partial charge in [0, 0.05) is 28.9 Å². The molecule has 0 bridgehead atoms. The molecule has 1 aromatic heterocycles. The molecule has 0 spiro atoms. The number of carbonyl (C=O) groups is 1. The fraction of sp³-hybridized carbons (Fsp3) is 0.0556. The Kier molecular flexibility index (Phi) is 6.10. The molecular weight excluding hydrogens is 421 g/mol. The standard InChI is InChI=1S/C18H13Cl2N5O4/c19-13-7-12(17(26)15(20)8-13)9-21-22-18(27)16-5-6-24(23-16)10-11-1-3-14(4-2-11)25(28)29/h1-9,26H,10H2,(H,22,27). The third kappa shape index (κ3) is 5.09. The van der Waals surface area contributed by atoms with Crippen LogP contribution in [0.5, 0.6) is 5.75 Å². The summed E-state index contributed by atoms with van der Waals surface area (Å²) in [6, 6.07) is 10.4. The van der Waals surface area contributed by atoms with Gasteiger partial charge in [0.15, 0.2) is 5.69 Å². The number of phenolic OH excluding ortho intramolecular Hbond substituents is 1. The number of hydrazone groups is 1. The van der Waals surface area contributed by atoms with Crippen molar-refractivity contribution in [1.82, 2.24) is 15.2 Å². The van der Waals surface area contributed by atoms with Crippen LogP contribution >= 0.6 is 23.2 Å². The summed E-state index contributed by atoms with van der Waals surface area (Å²) >= 11 is 11.7. The highest BCUT2D eigenvalue weighted by Gasteiger charge is 2.10. The number of halogens is 2. The number of nitrogens with one attached hydrogen (secondary N) is 1. The first kappa shape index (κ1) is 20.3. The van der Waals surface area contributed by atoms with Gasteiger partial charge in [-0.15, -0.1) is 0 Å². The molecule has 3 rings (SSSR count). The molecule has 3 aromatic rings. The van der Waals surface area contributed by atoms with Gasteiger partial charge in [-0.1, -0.05) is 35.3 Å². The van der Waals surface area contributed by atoms with Gasteiger partial charge in [-0.25, -0.2) is 5.43 Å². The van der Waals surface area contributed by atoms with Crippen LogP contribution in [0.15, 0.2) is 53.8 Å². The number of rotatable bonds is 6. The van der Waals surface area contributed by atoms with Crippen LogP contribution in [-0.4, -0.2) is 31.9 Å². The van der Waals surface area contributed by atoms with E-state index in [2.05, 4.69) is 15.6 Å². The van der Waals surface area contributed by atoms with Crippen LogP contribution in [0.4, 0.5) is 5.69 Å². The second-order valence-electron chi connectivity index (χ2n) is 5.85. The van der Waals surface area contributed by atoms with Crippen molar-refractivity contribution in [3.63, 3.8) is 0 Å². The summed E-state index contributed by atoms with van der Waals surface area (Å²) in [4.78, 5) is 22.4. The quantitative estimate of drug-likeness (QED) is 0.349. The van der Waals surface area contributed by atoms with Crippen LogP contribution in [0.2, 0.25) is 10.0 Å². The van der Waals surface area contributed by atoms with Crippen molar-refractivity contribution in [2.24, 2.45) is 5.10 Å². The number of benzene rings is 2. The zero-order chi connectivity index (χ0) is 21.0. The van der Waals surface area contributed by atoms with E-state index >= 15 is 0 Å². The summed E-state index contributed by atoms with van der Waals surface area (Å²) < 4.78 is 1.52. The third-order valence-electron chi connectivity index (χ3n) is 3.79. The Bertz CT molecular complexity index is 1100. The molecule has 9 nitrogen and oxygen atoms in total. The zero-order valence-corrected chi connectivity index (χ0v) is 16.1. The molecule has 1 amide bonds. The number of hydrogen-bond donors (Lipinski definition) is 2. The summed E-state index contributed by atoms with van der Waals surface area (Å²) in [6.45, 7) is 0.337. The molecule has 11 heteroatoms. The van der Waals surface area contributed by atoms with Gasteiger partial charge in [0.2, 0.25) is 0 Å². The molecule has 148 valence electrons. The lowest BCUT2D eigenvalue weighted by Gasteiger charge is -2.03. The van der Waals surface area contributed by atoms with Crippen molar-refractivity contribution in [2.75, 3.05) is 0 Å². The number of aromatic hydroxyl groups is 1. The minimum absolute atomic E-state index is 0.000767. The van der Waals surface area contributed by atoms with E-state index in [0.717, 1.165) is 5.56 Å². The van der Waals surface area contributed by atoms with E-state index in [1.54, 1.807) is 18.3 Å². The fourth-order valence-electron chi connectivity index (χ4n) is 2.38. The van der Waals surface area contributed by atoms with Crippen LogP contribution in [0.25, 0.3) is 0 Å². The molecule has 0 aliphatic rings. The maximum absolute atomic E-state index is 12.1. The number of carbonyl (C=O) groups excluding carboxylic acids is 1. The molecule has 0 saturated carbocycles. The van der Waals surface area contributed by atoms with Crippen LogP contribution in [0, 0.1) is 10.1 Å². The lowest BCUT2D eigenvalue weighted by molar-refractivity contribution is -0.384. The van der Waals surface area contributed by atoms with Gasteiger partial charge in [0.1, 0.15) is 5.75 Å². The Morgan fingerprint density at radius 3 is 2.69 bits per heavy atom. The number of amides is 1.